The van der Waals surface area contributed by atoms with Gasteiger partial charge in [-0.1, -0.05) is 61.5 Å². The zero-order chi connectivity index (χ0) is 25.7. The zero-order valence-corrected chi connectivity index (χ0v) is 21.0. The summed E-state index contributed by atoms with van der Waals surface area (Å²) in [6, 6.07) is 26.2. The summed E-state index contributed by atoms with van der Waals surface area (Å²) >= 11 is 0. The quantitative estimate of drug-likeness (QED) is 0.237. The summed E-state index contributed by atoms with van der Waals surface area (Å²) in [4.78, 5) is 13.4. The number of nitrogens with zero attached hydrogens (tertiary/aromatic N) is 4. The van der Waals surface area contributed by atoms with E-state index in [0.717, 1.165) is 45.2 Å². The third-order valence-corrected chi connectivity index (χ3v) is 6.46. The van der Waals surface area contributed by atoms with Crippen molar-refractivity contribution in [2.75, 3.05) is 14.2 Å². The molecule has 187 valence electrons. The van der Waals surface area contributed by atoms with Crippen molar-refractivity contribution in [3.8, 4) is 11.5 Å². The molecule has 0 aliphatic heterocycles. The lowest BCUT2D eigenvalue weighted by atomic mass is 9.80. The van der Waals surface area contributed by atoms with Crippen LogP contribution in [0.3, 0.4) is 0 Å². The van der Waals surface area contributed by atoms with Gasteiger partial charge in [-0.2, -0.15) is 0 Å². The summed E-state index contributed by atoms with van der Waals surface area (Å²) in [5.74, 6) is 2.31. The number of aromatic nitrogens is 4. The van der Waals surface area contributed by atoms with Gasteiger partial charge < -0.3 is 18.8 Å². The minimum atomic E-state index is -0.932. The predicted octanol–water partition coefficient (Wildman–Crippen LogP) is 5.58. The molecule has 0 atom stereocenters. The van der Waals surface area contributed by atoms with Crippen LogP contribution in [-0.4, -0.2) is 33.7 Å². The Kier molecular flexibility index (Phi) is 7.14. The number of aryl methyl sites for hydroxylation is 1. The Labute approximate surface area is 216 Å². The highest BCUT2D eigenvalue weighted by Gasteiger charge is 2.38. The maximum absolute atomic E-state index is 7.00. The Bertz CT molecular complexity index is 1400. The number of rotatable bonds is 10. The average Bonchev–Trinajstić information content (AvgIpc) is 3.32. The van der Waals surface area contributed by atoms with Crippen LogP contribution in [0, 0.1) is 6.92 Å². The van der Waals surface area contributed by atoms with E-state index in [1.165, 1.54) is 6.33 Å². The number of benzene rings is 3. The minimum absolute atomic E-state index is 0.239. The van der Waals surface area contributed by atoms with Crippen LogP contribution in [0.1, 0.15) is 28.9 Å². The van der Waals surface area contributed by atoms with Gasteiger partial charge in [-0.05, 0) is 47.4 Å². The first kappa shape index (κ1) is 24.5. The highest BCUT2D eigenvalue weighted by molar-refractivity contribution is 5.70. The van der Waals surface area contributed by atoms with E-state index in [2.05, 4.69) is 33.6 Å². The molecule has 3 aromatic carbocycles. The Morgan fingerprint density at radius 2 is 1.41 bits per heavy atom. The van der Waals surface area contributed by atoms with Crippen LogP contribution < -0.4 is 9.47 Å². The summed E-state index contributed by atoms with van der Waals surface area (Å²) in [6.45, 7) is 4.95. The predicted molar refractivity (Wildman–Crippen MR) is 142 cm³/mol. The average molecular weight is 494 g/mol. The SMILES string of the molecule is [CH2]CCn1c(COC(c2ccccc2)(c2ccc(OC)cc2)c2ccc(OC)cc2)nc2cncnc21. The number of hydrogen-bond donors (Lipinski definition) is 0. The van der Waals surface area contributed by atoms with Crippen molar-refractivity contribution >= 4 is 11.2 Å². The summed E-state index contributed by atoms with van der Waals surface area (Å²) in [6.07, 6.45) is 3.96. The molecule has 0 aliphatic carbocycles. The van der Waals surface area contributed by atoms with Crippen LogP contribution >= 0.6 is 0 Å². The number of imidazole rings is 1. The fraction of sp³-hybridized carbons (Fsp3) is 0.200. The molecule has 0 spiro atoms. The molecule has 2 heterocycles. The van der Waals surface area contributed by atoms with Crippen molar-refractivity contribution in [3.05, 3.63) is 121 Å². The van der Waals surface area contributed by atoms with Crippen LogP contribution in [0.2, 0.25) is 0 Å². The van der Waals surface area contributed by atoms with Gasteiger partial charge in [0.1, 0.15) is 41.4 Å². The molecule has 0 saturated heterocycles. The Hall–Kier alpha value is -4.23. The van der Waals surface area contributed by atoms with Crippen molar-refractivity contribution in [2.45, 2.75) is 25.2 Å². The standard InChI is InChI=1S/C30H29N4O3/c1-4-18-34-28(33-27-19-31-21-32-29(27)34)20-37-30(22-8-6-5-7-9-22,23-10-14-25(35-2)15-11-23)24-12-16-26(36-3)17-13-24/h5-17,19,21H,1,4,18,20H2,2-3H3. The van der Waals surface area contributed by atoms with Crippen LogP contribution in [0.4, 0.5) is 0 Å². The van der Waals surface area contributed by atoms with Gasteiger partial charge >= 0.3 is 0 Å². The molecule has 5 rings (SSSR count). The Balaban J connectivity index is 1.68. The van der Waals surface area contributed by atoms with Crippen molar-refractivity contribution in [1.82, 2.24) is 19.5 Å². The first-order chi connectivity index (χ1) is 18.2. The third-order valence-electron chi connectivity index (χ3n) is 6.46. The van der Waals surface area contributed by atoms with Gasteiger partial charge in [0.25, 0.3) is 0 Å². The molecular formula is C30H29N4O3. The monoisotopic (exact) mass is 493 g/mol. The highest BCUT2D eigenvalue weighted by atomic mass is 16.5. The van der Waals surface area contributed by atoms with Gasteiger partial charge in [-0.3, -0.25) is 0 Å². The molecule has 0 amide bonds. The molecule has 0 unspecified atom stereocenters. The van der Waals surface area contributed by atoms with Crippen molar-refractivity contribution in [1.29, 1.82) is 0 Å². The molecule has 5 aromatic rings. The van der Waals surface area contributed by atoms with Crippen molar-refractivity contribution < 1.29 is 14.2 Å². The van der Waals surface area contributed by atoms with Gasteiger partial charge in [-0.15, -0.1) is 0 Å². The maximum atomic E-state index is 7.00. The summed E-state index contributed by atoms with van der Waals surface area (Å²) in [5, 5.41) is 0. The van der Waals surface area contributed by atoms with Crippen molar-refractivity contribution in [3.63, 3.8) is 0 Å². The largest absolute Gasteiger partial charge is 0.497 e. The molecule has 0 saturated carbocycles. The van der Waals surface area contributed by atoms with Gasteiger partial charge in [0.05, 0.1) is 20.4 Å². The van der Waals surface area contributed by atoms with E-state index < -0.39 is 5.60 Å². The first-order valence-corrected chi connectivity index (χ1v) is 12.1. The topological polar surface area (TPSA) is 71.3 Å². The first-order valence-electron chi connectivity index (χ1n) is 12.1. The highest BCUT2D eigenvalue weighted by Crippen LogP contribution is 2.42. The van der Waals surface area contributed by atoms with E-state index in [-0.39, 0.29) is 6.61 Å². The number of hydrogen-bond acceptors (Lipinski definition) is 6. The van der Waals surface area contributed by atoms with E-state index in [0.29, 0.717) is 13.0 Å². The second-order valence-electron chi connectivity index (χ2n) is 8.56. The van der Waals surface area contributed by atoms with E-state index in [9.17, 15) is 0 Å². The molecule has 1 radical (unpaired) electrons. The van der Waals surface area contributed by atoms with Crippen LogP contribution in [-0.2, 0) is 23.5 Å². The van der Waals surface area contributed by atoms with Gasteiger partial charge in [0.15, 0.2) is 5.65 Å². The van der Waals surface area contributed by atoms with E-state index >= 15 is 0 Å². The number of methoxy groups -OCH3 is 2. The molecule has 37 heavy (non-hydrogen) atoms. The Morgan fingerprint density at radius 3 is 1.97 bits per heavy atom. The van der Waals surface area contributed by atoms with Crippen LogP contribution in [0.25, 0.3) is 11.2 Å². The third kappa shape index (κ3) is 4.66. The summed E-state index contributed by atoms with van der Waals surface area (Å²) in [5.41, 5.74) is 3.49. The molecular weight excluding hydrogens is 464 g/mol. The van der Waals surface area contributed by atoms with Gasteiger partial charge in [0, 0.05) is 6.54 Å². The normalized spacial score (nSPS) is 11.5. The maximum Gasteiger partial charge on any atom is 0.163 e. The molecule has 7 heteroatoms. The molecule has 2 aromatic heterocycles. The minimum Gasteiger partial charge on any atom is -0.497 e. The Morgan fingerprint density at radius 1 is 0.811 bits per heavy atom. The van der Waals surface area contributed by atoms with E-state index in [1.807, 2.05) is 66.7 Å². The van der Waals surface area contributed by atoms with Crippen molar-refractivity contribution in [2.24, 2.45) is 0 Å². The molecule has 0 fully saturated rings. The van der Waals surface area contributed by atoms with E-state index in [1.54, 1.807) is 20.4 Å². The van der Waals surface area contributed by atoms with Crippen LogP contribution in [0.15, 0.2) is 91.4 Å². The van der Waals surface area contributed by atoms with Crippen LogP contribution in [0.5, 0.6) is 11.5 Å². The summed E-state index contributed by atoms with van der Waals surface area (Å²) < 4.78 is 19.9. The smallest absolute Gasteiger partial charge is 0.163 e. The number of ether oxygens (including phenoxy) is 3. The van der Waals surface area contributed by atoms with E-state index in [4.69, 9.17) is 19.2 Å². The zero-order valence-electron chi connectivity index (χ0n) is 21.0. The lowest BCUT2D eigenvalue weighted by molar-refractivity contribution is -0.00436. The second-order valence-corrected chi connectivity index (χ2v) is 8.56. The molecule has 0 N–H and O–H groups in total. The van der Waals surface area contributed by atoms with Gasteiger partial charge in [-0.25, -0.2) is 15.0 Å². The molecule has 0 bridgehead atoms. The fourth-order valence-electron chi connectivity index (χ4n) is 4.67. The second kappa shape index (κ2) is 10.8. The molecule has 0 aliphatic rings. The summed E-state index contributed by atoms with van der Waals surface area (Å²) in [7, 11) is 3.32. The lowest BCUT2D eigenvalue weighted by Crippen LogP contribution is -2.33. The number of fused-ring (bicyclic) bond motifs is 1. The van der Waals surface area contributed by atoms with Gasteiger partial charge in [0.2, 0.25) is 0 Å². The lowest BCUT2D eigenvalue weighted by Gasteiger charge is -2.36. The molecule has 7 nitrogen and oxygen atoms in total. The fourth-order valence-corrected chi connectivity index (χ4v) is 4.67.